The first-order valence-corrected chi connectivity index (χ1v) is 29.1. The molecule has 4 unspecified atom stereocenters. The van der Waals surface area contributed by atoms with Gasteiger partial charge in [0.1, 0.15) is 29.2 Å². The van der Waals surface area contributed by atoms with Crippen LogP contribution in [0, 0.1) is 22.7 Å². The van der Waals surface area contributed by atoms with E-state index in [0.29, 0.717) is 29.5 Å². The number of nitrogens with one attached hydrogen (secondary N) is 5. The number of phenols is 2. The molecule has 3 fully saturated rings. The lowest BCUT2D eigenvalue weighted by Crippen LogP contribution is -2.63. The number of carbonyl (C=O) groups excluding carboxylic acids is 6. The van der Waals surface area contributed by atoms with E-state index < -0.39 is 60.3 Å². The summed E-state index contributed by atoms with van der Waals surface area (Å²) in [6.07, 6.45) is 8.36. The summed E-state index contributed by atoms with van der Waals surface area (Å²) < 4.78 is 11.9. The molecule has 6 amide bonds. The van der Waals surface area contributed by atoms with Gasteiger partial charge in [0, 0.05) is 49.3 Å². The molecule has 0 aromatic heterocycles. The monoisotopic (exact) mass is 1110 g/mol. The Labute approximate surface area is 480 Å². The van der Waals surface area contributed by atoms with Crippen molar-refractivity contribution in [2.45, 2.75) is 164 Å². The maximum absolute atomic E-state index is 14.2. The number of amides is 6. The zero-order valence-corrected chi connectivity index (χ0v) is 49.9. The van der Waals surface area contributed by atoms with E-state index in [9.17, 15) is 39.0 Å². The predicted molar refractivity (Wildman–Crippen MR) is 318 cm³/mol. The fourth-order valence-corrected chi connectivity index (χ4v) is 11.5. The number of aromatic hydroxyl groups is 2. The van der Waals surface area contributed by atoms with Crippen molar-refractivity contribution in [2.75, 3.05) is 33.1 Å². The summed E-state index contributed by atoms with van der Waals surface area (Å²) in [7, 11) is 1.41. The van der Waals surface area contributed by atoms with Crippen LogP contribution in [0.2, 0.25) is 5.82 Å². The molecule has 4 aromatic carbocycles. The zero-order valence-electron chi connectivity index (χ0n) is 49.9. The van der Waals surface area contributed by atoms with Gasteiger partial charge in [0.2, 0.25) is 23.6 Å². The predicted octanol–water partition coefficient (Wildman–Crippen LogP) is 10.1. The topological polar surface area (TPSA) is 225 Å². The average molecular weight is 1110 g/mol. The number of fused-ring (bicyclic) bond motifs is 7. The van der Waals surface area contributed by atoms with Crippen LogP contribution in [0.25, 0.3) is 22.3 Å². The molecule has 6 bridgehead atoms. The van der Waals surface area contributed by atoms with Gasteiger partial charge in [-0.25, -0.2) is 4.79 Å². The van der Waals surface area contributed by atoms with E-state index >= 15 is 0 Å². The largest absolute Gasteiger partial charge is 0.507 e. The molecule has 4 aliphatic rings. The van der Waals surface area contributed by atoms with E-state index in [-0.39, 0.29) is 76.8 Å². The SMILES string of the molecule is CCCCNC(=O)OC(C)(C)C.CCCCc1ccc(-c2ccc(C(=O)NCC(=O)N(C)C3C(=O)NCC(=O)NC(C(=O)NCB(O[C@@H]4CC5C[C@@H](C5(C)C)C4(C)C)C(C)CC)Cc4ccc(O)c(c4)-c4cc3ccc4O)cc2)cc1. The summed E-state index contributed by atoms with van der Waals surface area (Å²) in [5.41, 5.74) is 4.68. The Balaban J connectivity index is 0.000000787. The highest BCUT2D eigenvalue weighted by Gasteiger charge is 2.62. The van der Waals surface area contributed by atoms with Crippen LogP contribution in [0.5, 0.6) is 11.5 Å². The van der Waals surface area contributed by atoms with Crippen molar-refractivity contribution < 1.29 is 48.4 Å². The average Bonchev–Trinajstić information content (AvgIpc) is 3.61. The van der Waals surface area contributed by atoms with Crippen molar-refractivity contribution >= 4 is 42.5 Å². The molecule has 0 saturated heterocycles. The summed E-state index contributed by atoms with van der Waals surface area (Å²) in [6, 6.07) is 22.1. The Morgan fingerprint density at radius 1 is 0.802 bits per heavy atom. The van der Waals surface area contributed by atoms with Gasteiger partial charge < -0.3 is 51.1 Å². The third-order valence-corrected chi connectivity index (χ3v) is 16.9. The fraction of sp³-hybridized carbons (Fsp3) is 0.531. The van der Waals surface area contributed by atoms with E-state index in [4.69, 9.17) is 9.39 Å². The summed E-state index contributed by atoms with van der Waals surface area (Å²) in [6.45, 7) is 22.8. The van der Waals surface area contributed by atoms with Crippen molar-refractivity contribution in [2.24, 2.45) is 22.7 Å². The normalized spacial score (nSPS) is 20.2. The highest BCUT2D eigenvalue weighted by molar-refractivity contribution is 6.54. The molecule has 17 heteroatoms. The van der Waals surface area contributed by atoms with Crippen LogP contribution in [0.3, 0.4) is 0 Å². The molecule has 1 heterocycles. The molecule has 4 aromatic rings. The second-order valence-electron chi connectivity index (χ2n) is 24.6. The molecule has 1 aliphatic heterocycles. The van der Waals surface area contributed by atoms with Gasteiger partial charge in [-0.15, -0.1) is 0 Å². The van der Waals surface area contributed by atoms with Gasteiger partial charge in [-0.3, -0.25) is 24.0 Å². The lowest BCUT2D eigenvalue weighted by molar-refractivity contribution is -0.194. The standard InChI is InChI=1S/C55H70BN5O8.C9H19NO2/c1-9-11-12-34-13-16-36(17-14-34)37-18-20-38(21-19-37)51(66)58-31-49(65)61(8)50-39-22-24-45(63)42(27-39)41-25-35(15-23-44(41)62)26-43(60-48(64)30-57-53(50)68)52(67)59-32-56(33(3)10-2)69-47-29-40-28-46(54(40,4)5)55(47,6)7;1-5-6-7-10-8(11)12-9(2,3)4/h13-25,27,33,40,43,46-47,50,62-63H,9-12,26,28-32H2,1-8H3,(H,57,68)(H,58,66)(H,59,67)(H,60,64);5-7H2,1-4H3,(H,10,11)/t33?,40?,43?,46-,47+,50?;/m0./s1. The smallest absolute Gasteiger partial charge is 0.407 e. The van der Waals surface area contributed by atoms with Gasteiger partial charge in [-0.05, 0) is 146 Å². The number of likely N-dealkylation sites (N-methyl/N-ethyl adjacent to an activating group) is 1. The van der Waals surface area contributed by atoms with E-state index in [0.717, 1.165) is 61.0 Å². The highest BCUT2D eigenvalue weighted by Crippen LogP contribution is 2.66. The number of benzene rings is 4. The number of hydrogen-bond acceptors (Lipinski definition) is 10. The maximum Gasteiger partial charge on any atom is 0.407 e. The number of aryl methyl sites for hydroxylation is 1. The van der Waals surface area contributed by atoms with Crippen LogP contribution in [0.4, 0.5) is 4.79 Å². The van der Waals surface area contributed by atoms with Gasteiger partial charge in [-0.2, -0.15) is 0 Å². The van der Waals surface area contributed by atoms with Gasteiger partial charge in [0.05, 0.1) is 13.1 Å². The van der Waals surface area contributed by atoms with Crippen LogP contribution in [0.1, 0.15) is 154 Å². The molecule has 3 saturated carbocycles. The molecule has 438 valence electrons. The molecule has 6 atom stereocenters. The van der Waals surface area contributed by atoms with Crippen molar-refractivity contribution in [1.29, 1.82) is 0 Å². The third-order valence-electron chi connectivity index (χ3n) is 16.9. The molecule has 0 spiro atoms. The molecule has 7 N–H and O–H groups in total. The van der Waals surface area contributed by atoms with Gasteiger partial charge >= 0.3 is 13.0 Å². The van der Waals surface area contributed by atoms with Crippen molar-refractivity contribution in [1.82, 2.24) is 31.5 Å². The number of ether oxygens (including phenoxy) is 1. The van der Waals surface area contributed by atoms with Crippen molar-refractivity contribution in [3.63, 3.8) is 0 Å². The quantitative estimate of drug-likeness (QED) is 0.0369. The summed E-state index contributed by atoms with van der Waals surface area (Å²) in [5.74, 6) is -2.01. The Kier molecular flexibility index (Phi) is 21.7. The fourth-order valence-electron chi connectivity index (χ4n) is 11.5. The second-order valence-corrected chi connectivity index (χ2v) is 24.6. The van der Waals surface area contributed by atoms with Crippen LogP contribution in [0.15, 0.2) is 84.9 Å². The van der Waals surface area contributed by atoms with E-state index in [1.807, 2.05) is 32.9 Å². The number of alkyl carbamates (subject to hydrolysis) is 1. The lowest BCUT2D eigenvalue weighted by Gasteiger charge is -2.66. The summed E-state index contributed by atoms with van der Waals surface area (Å²) in [5, 5.41) is 36.2. The zero-order chi connectivity index (χ0) is 59.4. The number of carbonyl (C=O) groups is 6. The third kappa shape index (κ3) is 16.4. The number of phenolic OH excluding ortho intramolecular Hbond substituents is 2. The van der Waals surface area contributed by atoms with Crippen LogP contribution in [-0.2, 0) is 41.4 Å². The lowest BCUT2D eigenvalue weighted by atomic mass is 9.40. The number of rotatable bonds is 18. The molecule has 0 radical (unpaired) electrons. The Morgan fingerprint density at radius 2 is 1.43 bits per heavy atom. The molecule has 81 heavy (non-hydrogen) atoms. The Hall–Kier alpha value is -6.88. The first kappa shape index (κ1) is 63.3. The van der Waals surface area contributed by atoms with Crippen molar-refractivity contribution in [3.8, 4) is 33.8 Å². The number of unbranched alkanes of at least 4 members (excludes halogenated alkanes) is 2. The number of nitrogens with zero attached hydrogens (tertiary/aromatic N) is 1. The van der Waals surface area contributed by atoms with Gasteiger partial charge in [0.15, 0.2) is 0 Å². The second kappa shape index (κ2) is 27.7. The first-order chi connectivity index (χ1) is 38.3. The van der Waals surface area contributed by atoms with Crippen LogP contribution < -0.4 is 26.6 Å². The molecule has 8 rings (SSSR count). The Bertz CT molecular complexity index is 2830. The minimum absolute atomic E-state index is 0.0327. The molecule has 3 aliphatic carbocycles. The molecule has 16 nitrogen and oxygen atoms in total. The van der Waals surface area contributed by atoms with E-state index in [2.05, 4.69) is 106 Å². The highest BCUT2D eigenvalue weighted by atomic mass is 16.6. The van der Waals surface area contributed by atoms with Gasteiger partial charge in [-0.1, -0.05) is 123 Å². The van der Waals surface area contributed by atoms with E-state index in [1.165, 1.54) is 43.3 Å². The summed E-state index contributed by atoms with van der Waals surface area (Å²) in [4.78, 5) is 81.3. The Morgan fingerprint density at radius 3 is 2.04 bits per heavy atom. The van der Waals surface area contributed by atoms with Crippen LogP contribution in [-0.4, -0.2) is 109 Å². The first-order valence-electron chi connectivity index (χ1n) is 29.1. The summed E-state index contributed by atoms with van der Waals surface area (Å²) >= 11 is 0. The maximum atomic E-state index is 14.2. The van der Waals surface area contributed by atoms with Crippen LogP contribution >= 0.6 is 0 Å². The van der Waals surface area contributed by atoms with E-state index in [1.54, 1.807) is 24.3 Å². The minimum Gasteiger partial charge on any atom is -0.507 e. The molecular weight excluding hydrogens is 1020 g/mol. The van der Waals surface area contributed by atoms with Crippen molar-refractivity contribution in [3.05, 3.63) is 107 Å². The number of hydrogen-bond donors (Lipinski definition) is 7. The van der Waals surface area contributed by atoms with Gasteiger partial charge in [0.25, 0.3) is 5.91 Å². The molecular formula is C64H89BN6O10. The minimum atomic E-state index is -1.34.